The van der Waals surface area contributed by atoms with Gasteiger partial charge in [-0.1, -0.05) is 29.8 Å². The van der Waals surface area contributed by atoms with Crippen LogP contribution in [0.25, 0.3) is 0 Å². The Labute approximate surface area is 180 Å². The van der Waals surface area contributed by atoms with Gasteiger partial charge in [0.2, 0.25) is 5.91 Å². The Morgan fingerprint density at radius 1 is 0.967 bits per heavy atom. The van der Waals surface area contributed by atoms with Gasteiger partial charge in [0, 0.05) is 43.8 Å². The normalized spacial score (nSPS) is 13.9. The van der Waals surface area contributed by atoms with E-state index in [0.29, 0.717) is 36.8 Å². The highest BCUT2D eigenvalue weighted by molar-refractivity contribution is 6.30. The van der Waals surface area contributed by atoms with Crippen molar-refractivity contribution in [2.45, 2.75) is 12.8 Å². The standard InChI is InChI=1S/C22H23ClN6O/c23-18-5-3-4-17(16-18)7-10-22(30)29-14-12-28(13-15-29)21-9-8-20(26-27-21)25-19-6-1-2-11-24-19/h1-6,8-9,11,16H,7,10,12-15H2,(H,24,25,26). The van der Waals surface area contributed by atoms with Crippen molar-refractivity contribution in [3.63, 3.8) is 0 Å². The molecule has 2 aromatic heterocycles. The van der Waals surface area contributed by atoms with Gasteiger partial charge in [0.1, 0.15) is 5.82 Å². The summed E-state index contributed by atoms with van der Waals surface area (Å²) in [5.74, 6) is 2.36. The quantitative estimate of drug-likeness (QED) is 0.654. The van der Waals surface area contributed by atoms with Crippen LogP contribution in [0.3, 0.4) is 0 Å². The summed E-state index contributed by atoms with van der Waals surface area (Å²) in [5.41, 5.74) is 1.09. The summed E-state index contributed by atoms with van der Waals surface area (Å²) in [6, 6.07) is 17.1. The van der Waals surface area contributed by atoms with E-state index >= 15 is 0 Å². The van der Waals surface area contributed by atoms with Crippen molar-refractivity contribution < 1.29 is 4.79 Å². The van der Waals surface area contributed by atoms with Crippen molar-refractivity contribution in [2.75, 3.05) is 36.4 Å². The molecule has 0 atom stereocenters. The second-order valence-electron chi connectivity index (χ2n) is 7.11. The van der Waals surface area contributed by atoms with Crippen LogP contribution in [-0.4, -0.2) is 52.2 Å². The molecule has 0 saturated carbocycles. The first kappa shape index (κ1) is 20.1. The largest absolute Gasteiger partial charge is 0.352 e. The average Bonchev–Trinajstić information content (AvgIpc) is 2.79. The number of halogens is 1. The Hall–Kier alpha value is -3.19. The zero-order chi connectivity index (χ0) is 20.8. The molecular formula is C22H23ClN6O. The second kappa shape index (κ2) is 9.54. The van der Waals surface area contributed by atoms with Crippen LogP contribution >= 0.6 is 11.6 Å². The first-order valence-electron chi connectivity index (χ1n) is 9.96. The van der Waals surface area contributed by atoms with Crippen LogP contribution < -0.4 is 10.2 Å². The number of carbonyl (C=O) groups excluding carboxylic acids is 1. The van der Waals surface area contributed by atoms with Gasteiger partial charge in [-0.25, -0.2) is 4.98 Å². The third-order valence-electron chi connectivity index (χ3n) is 5.04. The van der Waals surface area contributed by atoms with Gasteiger partial charge in [0.15, 0.2) is 11.6 Å². The lowest BCUT2D eigenvalue weighted by Gasteiger charge is -2.35. The highest BCUT2D eigenvalue weighted by atomic mass is 35.5. The molecule has 1 aromatic carbocycles. The minimum atomic E-state index is 0.176. The van der Waals surface area contributed by atoms with Crippen molar-refractivity contribution in [1.29, 1.82) is 0 Å². The molecule has 3 aromatic rings. The zero-order valence-electron chi connectivity index (χ0n) is 16.5. The van der Waals surface area contributed by atoms with E-state index in [1.165, 1.54) is 0 Å². The number of nitrogens with one attached hydrogen (secondary N) is 1. The van der Waals surface area contributed by atoms with Gasteiger partial charge in [0.25, 0.3) is 0 Å². The van der Waals surface area contributed by atoms with Crippen LogP contribution in [0.1, 0.15) is 12.0 Å². The number of anilines is 3. The van der Waals surface area contributed by atoms with E-state index in [2.05, 4.69) is 25.4 Å². The molecule has 1 saturated heterocycles. The van der Waals surface area contributed by atoms with Gasteiger partial charge in [0.05, 0.1) is 0 Å². The van der Waals surface area contributed by atoms with E-state index < -0.39 is 0 Å². The maximum absolute atomic E-state index is 12.6. The van der Waals surface area contributed by atoms with Crippen molar-refractivity contribution in [1.82, 2.24) is 20.1 Å². The molecule has 1 aliphatic heterocycles. The van der Waals surface area contributed by atoms with Gasteiger partial charge in [-0.15, -0.1) is 10.2 Å². The Kier molecular flexibility index (Phi) is 6.39. The first-order chi connectivity index (χ1) is 14.7. The fraction of sp³-hybridized carbons (Fsp3) is 0.273. The monoisotopic (exact) mass is 422 g/mol. The molecule has 1 amide bonds. The van der Waals surface area contributed by atoms with Crippen molar-refractivity contribution in [3.8, 4) is 0 Å². The third-order valence-corrected chi connectivity index (χ3v) is 5.28. The number of piperazine rings is 1. The Morgan fingerprint density at radius 2 is 1.83 bits per heavy atom. The molecule has 3 heterocycles. The molecule has 0 aliphatic carbocycles. The highest BCUT2D eigenvalue weighted by Crippen LogP contribution is 2.17. The molecular weight excluding hydrogens is 400 g/mol. The molecule has 0 bridgehead atoms. The van der Waals surface area contributed by atoms with Gasteiger partial charge in [-0.2, -0.15) is 0 Å². The number of benzene rings is 1. The molecule has 4 rings (SSSR count). The fourth-order valence-corrected chi connectivity index (χ4v) is 3.63. The molecule has 1 aliphatic rings. The molecule has 8 heteroatoms. The topological polar surface area (TPSA) is 74.2 Å². The Morgan fingerprint density at radius 3 is 2.53 bits per heavy atom. The van der Waals surface area contributed by atoms with Gasteiger partial charge < -0.3 is 15.1 Å². The number of hydrogen-bond donors (Lipinski definition) is 1. The lowest BCUT2D eigenvalue weighted by Crippen LogP contribution is -2.49. The number of aromatic nitrogens is 3. The lowest BCUT2D eigenvalue weighted by molar-refractivity contribution is -0.131. The number of amides is 1. The van der Waals surface area contributed by atoms with E-state index in [4.69, 9.17) is 11.6 Å². The molecule has 30 heavy (non-hydrogen) atoms. The summed E-state index contributed by atoms with van der Waals surface area (Å²) < 4.78 is 0. The highest BCUT2D eigenvalue weighted by Gasteiger charge is 2.22. The van der Waals surface area contributed by atoms with Crippen LogP contribution in [0.2, 0.25) is 5.02 Å². The van der Waals surface area contributed by atoms with Crippen LogP contribution in [0, 0.1) is 0 Å². The van der Waals surface area contributed by atoms with Gasteiger partial charge in [-0.05, 0) is 48.4 Å². The minimum absolute atomic E-state index is 0.176. The van der Waals surface area contributed by atoms with E-state index in [1.807, 2.05) is 59.5 Å². The first-order valence-corrected chi connectivity index (χ1v) is 10.3. The van der Waals surface area contributed by atoms with E-state index in [0.717, 1.165) is 30.3 Å². The average molecular weight is 423 g/mol. The summed E-state index contributed by atoms with van der Waals surface area (Å²) in [4.78, 5) is 20.8. The SMILES string of the molecule is O=C(CCc1cccc(Cl)c1)N1CCN(c2ccc(Nc3ccccn3)nn2)CC1. The predicted molar refractivity (Wildman–Crippen MR) is 118 cm³/mol. The van der Waals surface area contributed by atoms with E-state index in [9.17, 15) is 4.79 Å². The minimum Gasteiger partial charge on any atom is -0.352 e. The number of nitrogens with zero attached hydrogens (tertiary/aromatic N) is 5. The summed E-state index contributed by atoms with van der Waals surface area (Å²) in [7, 11) is 0. The summed E-state index contributed by atoms with van der Waals surface area (Å²) in [6.07, 6.45) is 2.92. The van der Waals surface area contributed by atoms with E-state index in [-0.39, 0.29) is 5.91 Å². The Balaban J connectivity index is 1.26. The van der Waals surface area contributed by atoms with Gasteiger partial charge >= 0.3 is 0 Å². The summed E-state index contributed by atoms with van der Waals surface area (Å²) >= 11 is 6.01. The zero-order valence-corrected chi connectivity index (χ0v) is 17.3. The van der Waals surface area contributed by atoms with Crippen LogP contribution in [-0.2, 0) is 11.2 Å². The number of hydrogen-bond acceptors (Lipinski definition) is 6. The van der Waals surface area contributed by atoms with Gasteiger partial charge in [-0.3, -0.25) is 4.79 Å². The molecule has 154 valence electrons. The lowest BCUT2D eigenvalue weighted by atomic mass is 10.1. The van der Waals surface area contributed by atoms with Crippen molar-refractivity contribution >= 4 is 35.0 Å². The van der Waals surface area contributed by atoms with Crippen LogP contribution in [0.15, 0.2) is 60.8 Å². The van der Waals surface area contributed by atoms with E-state index in [1.54, 1.807) is 6.20 Å². The number of carbonyl (C=O) groups is 1. The number of pyridine rings is 1. The maximum atomic E-state index is 12.6. The van der Waals surface area contributed by atoms with Crippen LogP contribution in [0.5, 0.6) is 0 Å². The maximum Gasteiger partial charge on any atom is 0.223 e. The summed E-state index contributed by atoms with van der Waals surface area (Å²) in [6.45, 7) is 2.85. The van der Waals surface area contributed by atoms with Crippen molar-refractivity contribution in [3.05, 3.63) is 71.4 Å². The number of aryl methyl sites for hydroxylation is 1. The Bertz CT molecular complexity index is 974. The molecule has 7 nitrogen and oxygen atoms in total. The van der Waals surface area contributed by atoms with Crippen molar-refractivity contribution in [2.24, 2.45) is 0 Å². The summed E-state index contributed by atoms with van der Waals surface area (Å²) in [5, 5.41) is 12.4. The molecule has 1 N–H and O–H groups in total. The molecule has 0 radical (unpaired) electrons. The second-order valence-corrected chi connectivity index (χ2v) is 7.55. The molecule has 0 unspecified atom stereocenters. The third kappa shape index (κ3) is 5.24. The smallest absolute Gasteiger partial charge is 0.223 e. The molecule has 0 spiro atoms. The van der Waals surface area contributed by atoms with Crippen LogP contribution in [0.4, 0.5) is 17.5 Å². The number of rotatable bonds is 6. The predicted octanol–water partition coefficient (Wildman–Crippen LogP) is 3.55. The molecule has 1 fully saturated rings. The fourth-order valence-electron chi connectivity index (χ4n) is 3.42.